The molecule has 0 aliphatic carbocycles. The predicted molar refractivity (Wildman–Crippen MR) is 80.8 cm³/mol. The van der Waals surface area contributed by atoms with Crippen LogP contribution in [0.4, 0.5) is 5.82 Å². The van der Waals surface area contributed by atoms with Gasteiger partial charge in [0, 0.05) is 31.7 Å². The number of likely N-dealkylation sites (tertiary alicyclic amines) is 1. The fraction of sp³-hybridized carbons (Fsp3) is 0.333. The van der Waals surface area contributed by atoms with E-state index in [1.807, 2.05) is 0 Å². The lowest BCUT2D eigenvalue weighted by Crippen LogP contribution is -2.26. The molecule has 0 saturated carbocycles. The molecule has 1 aromatic heterocycles. The SMILES string of the molecule is Clc1cc(NC2CCN(Cc3ccccc3)C2)ncn1. The number of halogens is 1. The van der Waals surface area contributed by atoms with E-state index in [0.717, 1.165) is 31.9 Å². The number of rotatable bonds is 4. The molecule has 1 saturated heterocycles. The standard InChI is InChI=1S/C15H17ClN4/c16-14-8-15(18-11-17-14)19-13-6-7-20(10-13)9-12-4-2-1-3-5-12/h1-5,8,11,13H,6-7,9-10H2,(H,17,18,19). The first kappa shape index (κ1) is 13.3. The highest BCUT2D eigenvalue weighted by Gasteiger charge is 2.22. The zero-order valence-corrected chi connectivity index (χ0v) is 11.9. The highest BCUT2D eigenvalue weighted by molar-refractivity contribution is 6.29. The Bertz CT molecular complexity index is 561. The molecule has 0 spiro atoms. The molecular formula is C15H17ClN4. The summed E-state index contributed by atoms with van der Waals surface area (Å²) in [6.45, 7) is 3.13. The molecule has 0 radical (unpaired) electrons. The van der Waals surface area contributed by atoms with Crippen LogP contribution >= 0.6 is 11.6 Å². The maximum absolute atomic E-state index is 5.86. The third-order valence-electron chi connectivity index (χ3n) is 3.51. The Kier molecular flexibility index (Phi) is 4.14. The summed E-state index contributed by atoms with van der Waals surface area (Å²) in [4.78, 5) is 10.5. The van der Waals surface area contributed by atoms with Gasteiger partial charge in [-0.25, -0.2) is 9.97 Å². The number of nitrogens with zero attached hydrogens (tertiary/aromatic N) is 3. The normalized spacial score (nSPS) is 19.1. The predicted octanol–water partition coefficient (Wildman–Crippen LogP) is 2.82. The van der Waals surface area contributed by atoms with Crippen LogP contribution < -0.4 is 5.32 Å². The van der Waals surface area contributed by atoms with Crippen LogP contribution in [0.15, 0.2) is 42.7 Å². The quantitative estimate of drug-likeness (QED) is 0.879. The Morgan fingerprint density at radius 1 is 1.25 bits per heavy atom. The van der Waals surface area contributed by atoms with Crippen molar-refractivity contribution in [3.05, 3.63) is 53.4 Å². The number of hydrogen-bond acceptors (Lipinski definition) is 4. The van der Waals surface area contributed by atoms with Crippen LogP contribution in [0.1, 0.15) is 12.0 Å². The molecule has 3 rings (SSSR count). The molecule has 2 heterocycles. The molecule has 0 amide bonds. The van der Waals surface area contributed by atoms with Crippen molar-refractivity contribution >= 4 is 17.4 Å². The Morgan fingerprint density at radius 2 is 2.10 bits per heavy atom. The summed E-state index contributed by atoms with van der Waals surface area (Å²) in [6.07, 6.45) is 2.61. The number of anilines is 1. The summed E-state index contributed by atoms with van der Waals surface area (Å²) in [5, 5.41) is 3.89. The van der Waals surface area contributed by atoms with E-state index in [1.54, 1.807) is 6.07 Å². The van der Waals surface area contributed by atoms with Crippen LogP contribution in [-0.2, 0) is 6.54 Å². The van der Waals surface area contributed by atoms with E-state index in [9.17, 15) is 0 Å². The Morgan fingerprint density at radius 3 is 2.90 bits per heavy atom. The molecule has 1 aromatic carbocycles. The average Bonchev–Trinajstić information content (AvgIpc) is 2.87. The summed E-state index contributed by atoms with van der Waals surface area (Å²) < 4.78 is 0. The van der Waals surface area contributed by atoms with Gasteiger partial charge in [-0.2, -0.15) is 0 Å². The third kappa shape index (κ3) is 3.46. The highest BCUT2D eigenvalue weighted by atomic mass is 35.5. The second kappa shape index (κ2) is 6.20. The van der Waals surface area contributed by atoms with Gasteiger partial charge in [0.05, 0.1) is 0 Å². The fourth-order valence-corrected chi connectivity index (χ4v) is 2.70. The topological polar surface area (TPSA) is 41.0 Å². The summed E-state index contributed by atoms with van der Waals surface area (Å²) in [7, 11) is 0. The molecule has 0 bridgehead atoms. The largest absolute Gasteiger partial charge is 0.366 e. The smallest absolute Gasteiger partial charge is 0.134 e. The van der Waals surface area contributed by atoms with E-state index < -0.39 is 0 Å². The van der Waals surface area contributed by atoms with Crippen LogP contribution in [0.3, 0.4) is 0 Å². The summed E-state index contributed by atoms with van der Waals surface area (Å²) in [5.74, 6) is 0.802. The second-order valence-electron chi connectivity index (χ2n) is 5.08. The van der Waals surface area contributed by atoms with Crippen molar-refractivity contribution in [1.29, 1.82) is 0 Å². The highest BCUT2D eigenvalue weighted by Crippen LogP contribution is 2.17. The monoisotopic (exact) mass is 288 g/mol. The van der Waals surface area contributed by atoms with E-state index in [0.29, 0.717) is 11.2 Å². The van der Waals surface area contributed by atoms with Crippen LogP contribution in [-0.4, -0.2) is 34.0 Å². The Balaban J connectivity index is 1.54. The maximum atomic E-state index is 5.86. The lowest BCUT2D eigenvalue weighted by atomic mass is 10.2. The third-order valence-corrected chi connectivity index (χ3v) is 3.71. The first-order valence-electron chi connectivity index (χ1n) is 6.80. The van der Waals surface area contributed by atoms with Crippen LogP contribution in [0.25, 0.3) is 0 Å². The molecule has 1 unspecified atom stereocenters. The van der Waals surface area contributed by atoms with Gasteiger partial charge in [0.2, 0.25) is 0 Å². The number of hydrogen-bond donors (Lipinski definition) is 1. The van der Waals surface area contributed by atoms with Crippen molar-refractivity contribution in [3.63, 3.8) is 0 Å². The molecule has 1 aliphatic heterocycles. The first-order valence-corrected chi connectivity index (χ1v) is 7.18. The van der Waals surface area contributed by atoms with Crippen LogP contribution in [0.5, 0.6) is 0 Å². The number of nitrogens with one attached hydrogen (secondary N) is 1. The molecule has 1 fully saturated rings. The second-order valence-corrected chi connectivity index (χ2v) is 5.46. The minimum Gasteiger partial charge on any atom is -0.366 e. The van der Waals surface area contributed by atoms with Gasteiger partial charge in [-0.05, 0) is 12.0 Å². The zero-order chi connectivity index (χ0) is 13.8. The minimum absolute atomic E-state index is 0.421. The van der Waals surface area contributed by atoms with Crippen molar-refractivity contribution in [2.45, 2.75) is 19.0 Å². The first-order chi connectivity index (χ1) is 9.79. The van der Waals surface area contributed by atoms with E-state index in [1.165, 1.54) is 11.9 Å². The van der Waals surface area contributed by atoms with Gasteiger partial charge in [-0.15, -0.1) is 0 Å². The molecule has 1 aliphatic rings. The van der Waals surface area contributed by atoms with E-state index in [4.69, 9.17) is 11.6 Å². The molecule has 5 heteroatoms. The van der Waals surface area contributed by atoms with Gasteiger partial charge < -0.3 is 5.32 Å². The average molecular weight is 289 g/mol. The van der Waals surface area contributed by atoms with Crippen molar-refractivity contribution in [2.24, 2.45) is 0 Å². The molecule has 20 heavy (non-hydrogen) atoms. The Hall–Kier alpha value is -1.65. The van der Waals surface area contributed by atoms with Gasteiger partial charge in [-0.3, -0.25) is 4.90 Å². The van der Waals surface area contributed by atoms with Crippen molar-refractivity contribution in [3.8, 4) is 0 Å². The number of benzene rings is 1. The van der Waals surface area contributed by atoms with Crippen molar-refractivity contribution in [1.82, 2.24) is 14.9 Å². The molecule has 2 aromatic rings. The molecule has 1 N–H and O–H groups in total. The minimum atomic E-state index is 0.421. The Labute approximate surface area is 123 Å². The zero-order valence-electron chi connectivity index (χ0n) is 11.2. The summed E-state index contributed by atoms with van der Waals surface area (Å²) >= 11 is 5.86. The van der Waals surface area contributed by atoms with Crippen LogP contribution in [0.2, 0.25) is 5.15 Å². The van der Waals surface area contributed by atoms with E-state index >= 15 is 0 Å². The molecule has 4 nitrogen and oxygen atoms in total. The van der Waals surface area contributed by atoms with Crippen molar-refractivity contribution < 1.29 is 0 Å². The fourth-order valence-electron chi connectivity index (χ4n) is 2.56. The summed E-state index contributed by atoms with van der Waals surface area (Å²) in [5.41, 5.74) is 1.36. The number of aromatic nitrogens is 2. The maximum Gasteiger partial charge on any atom is 0.134 e. The van der Waals surface area contributed by atoms with E-state index in [2.05, 4.69) is 50.5 Å². The van der Waals surface area contributed by atoms with Gasteiger partial charge in [0.1, 0.15) is 17.3 Å². The van der Waals surface area contributed by atoms with Gasteiger partial charge in [0.15, 0.2) is 0 Å². The summed E-state index contributed by atoms with van der Waals surface area (Å²) in [6, 6.07) is 12.8. The lowest BCUT2D eigenvalue weighted by Gasteiger charge is -2.17. The van der Waals surface area contributed by atoms with Gasteiger partial charge in [0.25, 0.3) is 0 Å². The van der Waals surface area contributed by atoms with Crippen LogP contribution in [0, 0.1) is 0 Å². The van der Waals surface area contributed by atoms with E-state index in [-0.39, 0.29) is 0 Å². The molecular weight excluding hydrogens is 272 g/mol. The van der Waals surface area contributed by atoms with Crippen molar-refractivity contribution in [2.75, 3.05) is 18.4 Å². The molecule has 104 valence electrons. The lowest BCUT2D eigenvalue weighted by molar-refractivity contribution is 0.328. The van der Waals surface area contributed by atoms with Gasteiger partial charge >= 0.3 is 0 Å². The molecule has 1 atom stereocenters. The van der Waals surface area contributed by atoms with Gasteiger partial charge in [-0.1, -0.05) is 41.9 Å².